The molecule has 1 saturated carbocycles. The Balaban J connectivity index is 0.00000176. The molecular weight excluding hydrogens is 310 g/mol. The number of nitrogens with zero attached hydrogens (tertiary/aromatic N) is 3. The van der Waals surface area contributed by atoms with Crippen LogP contribution in [0.4, 0.5) is 4.79 Å². The van der Waals surface area contributed by atoms with Gasteiger partial charge >= 0.3 is 6.03 Å². The summed E-state index contributed by atoms with van der Waals surface area (Å²) < 4.78 is 5.21. The monoisotopic (exact) mass is 329 g/mol. The number of rotatable bonds is 3. The van der Waals surface area contributed by atoms with E-state index in [2.05, 4.69) is 15.5 Å². The highest BCUT2D eigenvalue weighted by molar-refractivity contribution is 6.06. The van der Waals surface area contributed by atoms with E-state index in [1.54, 1.807) is 13.8 Å². The van der Waals surface area contributed by atoms with Gasteiger partial charge in [-0.15, -0.1) is 12.4 Å². The summed E-state index contributed by atoms with van der Waals surface area (Å²) in [6, 6.07) is -0.451. The zero-order chi connectivity index (χ0) is 15.3. The Morgan fingerprint density at radius 1 is 1.32 bits per heavy atom. The Labute approximate surface area is 134 Å². The molecule has 1 aromatic heterocycles. The van der Waals surface area contributed by atoms with E-state index in [-0.39, 0.29) is 24.9 Å². The fourth-order valence-electron chi connectivity index (χ4n) is 2.85. The Morgan fingerprint density at radius 3 is 2.50 bits per heavy atom. The molecule has 0 unspecified atom stereocenters. The van der Waals surface area contributed by atoms with Crippen LogP contribution in [0, 0.1) is 0 Å². The molecule has 0 radical (unpaired) electrons. The molecule has 1 aromatic rings. The molecule has 3 rings (SSSR count). The summed E-state index contributed by atoms with van der Waals surface area (Å²) in [6.07, 6.45) is 3.77. The minimum atomic E-state index is -0.931. The molecule has 22 heavy (non-hydrogen) atoms. The number of carbonyl (C=O) groups excluding carboxylic acids is 2. The summed E-state index contributed by atoms with van der Waals surface area (Å²) >= 11 is 0. The molecule has 0 atom stereocenters. The average Bonchev–Trinajstić information content (AvgIpc) is 3.08. The van der Waals surface area contributed by atoms with Gasteiger partial charge in [-0.1, -0.05) is 18.0 Å². The first-order valence-electron chi connectivity index (χ1n) is 7.08. The van der Waals surface area contributed by atoms with Crippen molar-refractivity contribution in [2.75, 3.05) is 0 Å². The predicted octanol–water partition coefficient (Wildman–Crippen LogP) is 1.05. The number of carbonyl (C=O) groups is 2. The second-order valence-electron chi connectivity index (χ2n) is 6.28. The first-order valence-corrected chi connectivity index (χ1v) is 7.08. The normalized spacial score (nSPS) is 22.6. The topological polar surface area (TPSA) is 114 Å². The van der Waals surface area contributed by atoms with Gasteiger partial charge in [-0.25, -0.2) is 4.79 Å². The largest absolute Gasteiger partial charge is 0.337 e. The molecule has 8 nitrogen and oxygen atoms in total. The second kappa shape index (κ2) is 5.51. The molecule has 0 bridgehead atoms. The van der Waals surface area contributed by atoms with Gasteiger partial charge in [0.1, 0.15) is 12.1 Å². The van der Waals surface area contributed by atoms with E-state index in [4.69, 9.17) is 10.3 Å². The fourth-order valence-corrected chi connectivity index (χ4v) is 2.85. The van der Waals surface area contributed by atoms with Crippen molar-refractivity contribution in [3.05, 3.63) is 11.7 Å². The van der Waals surface area contributed by atoms with Crippen molar-refractivity contribution in [1.82, 2.24) is 20.4 Å². The van der Waals surface area contributed by atoms with E-state index < -0.39 is 17.1 Å². The Morgan fingerprint density at radius 2 is 1.95 bits per heavy atom. The molecular formula is C13H20ClN5O3. The molecule has 1 saturated heterocycles. The molecule has 9 heteroatoms. The number of nitrogens with two attached hydrogens (primary N) is 1. The van der Waals surface area contributed by atoms with Gasteiger partial charge in [0.25, 0.3) is 5.91 Å². The van der Waals surface area contributed by atoms with Gasteiger partial charge in [0, 0.05) is 0 Å². The SMILES string of the molecule is CC1(C)C(=O)NC(=O)N1Cc1nc(C2(N)CCCC2)no1.Cl. The van der Waals surface area contributed by atoms with Crippen molar-refractivity contribution in [3.8, 4) is 0 Å². The van der Waals surface area contributed by atoms with Crippen molar-refractivity contribution >= 4 is 24.3 Å². The number of hydrogen-bond donors (Lipinski definition) is 2. The molecule has 2 aliphatic rings. The van der Waals surface area contributed by atoms with Crippen LogP contribution in [0.3, 0.4) is 0 Å². The first kappa shape index (κ1) is 16.7. The van der Waals surface area contributed by atoms with E-state index in [1.165, 1.54) is 4.90 Å². The molecule has 2 heterocycles. The van der Waals surface area contributed by atoms with Gasteiger partial charge in [-0.3, -0.25) is 10.1 Å². The average molecular weight is 330 g/mol. The maximum Gasteiger partial charge on any atom is 0.325 e. The van der Waals surface area contributed by atoms with Gasteiger partial charge in [-0.2, -0.15) is 4.98 Å². The van der Waals surface area contributed by atoms with Crippen molar-refractivity contribution < 1.29 is 14.1 Å². The molecule has 1 aliphatic heterocycles. The fraction of sp³-hybridized carbons (Fsp3) is 0.692. The van der Waals surface area contributed by atoms with E-state index >= 15 is 0 Å². The third-order valence-electron chi connectivity index (χ3n) is 4.40. The van der Waals surface area contributed by atoms with Crippen molar-refractivity contribution in [2.24, 2.45) is 5.73 Å². The van der Waals surface area contributed by atoms with Gasteiger partial charge in [0.2, 0.25) is 5.89 Å². The summed E-state index contributed by atoms with van der Waals surface area (Å²) in [7, 11) is 0. The van der Waals surface area contributed by atoms with Crippen molar-refractivity contribution in [3.63, 3.8) is 0 Å². The molecule has 122 valence electrons. The van der Waals surface area contributed by atoms with Crippen LogP contribution in [0.25, 0.3) is 0 Å². The van der Waals surface area contributed by atoms with Crippen LogP contribution in [-0.2, 0) is 16.9 Å². The number of urea groups is 1. The highest BCUT2D eigenvalue weighted by atomic mass is 35.5. The van der Waals surface area contributed by atoms with Gasteiger partial charge in [0.15, 0.2) is 5.82 Å². The Bertz CT molecular complexity index is 594. The maximum absolute atomic E-state index is 11.8. The van der Waals surface area contributed by atoms with Crippen LogP contribution in [0.5, 0.6) is 0 Å². The number of halogens is 1. The zero-order valence-corrected chi connectivity index (χ0v) is 13.4. The minimum absolute atomic E-state index is 0. The minimum Gasteiger partial charge on any atom is -0.337 e. The first-order chi connectivity index (χ1) is 9.83. The summed E-state index contributed by atoms with van der Waals surface area (Å²) in [5.74, 6) is 0.441. The van der Waals surface area contributed by atoms with Gasteiger partial charge in [-0.05, 0) is 26.7 Å². The predicted molar refractivity (Wildman–Crippen MR) is 79.0 cm³/mol. The van der Waals surface area contributed by atoms with Crippen LogP contribution >= 0.6 is 12.4 Å². The van der Waals surface area contributed by atoms with Crippen LogP contribution in [-0.4, -0.2) is 32.5 Å². The quantitative estimate of drug-likeness (QED) is 0.801. The number of amides is 3. The van der Waals surface area contributed by atoms with Crippen molar-refractivity contribution in [2.45, 2.75) is 57.2 Å². The van der Waals surface area contributed by atoms with E-state index in [1.807, 2.05) is 0 Å². The summed E-state index contributed by atoms with van der Waals surface area (Å²) in [5.41, 5.74) is 4.81. The van der Waals surface area contributed by atoms with Crippen LogP contribution < -0.4 is 11.1 Å². The van der Waals surface area contributed by atoms with E-state index in [0.717, 1.165) is 25.7 Å². The van der Waals surface area contributed by atoms with Gasteiger partial charge < -0.3 is 15.2 Å². The lowest BCUT2D eigenvalue weighted by molar-refractivity contribution is -0.125. The summed E-state index contributed by atoms with van der Waals surface area (Å²) in [4.78, 5) is 29.2. The van der Waals surface area contributed by atoms with Crippen molar-refractivity contribution in [1.29, 1.82) is 0 Å². The number of hydrogen-bond acceptors (Lipinski definition) is 6. The molecule has 3 amide bonds. The van der Waals surface area contributed by atoms with Crippen LogP contribution in [0.15, 0.2) is 4.52 Å². The van der Waals surface area contributed by atoms with Crippen LogP contribution in [0.1, 0.15) is 51.2 Å². The Kier molecular flexibility index (Phi) is 4.18. The third kappa shape index (κ3) is 2.56. The van der Waals surface area contributed by atoms with E-state index in [9.17, 15) is 9.59 Å². The highest BCUT2D eigenvalue weighted by Crippen LogP contribution is 2.34. The lowest BCUT2D eigenvalue weighted by atomic mass is 9.99. The molecule has 2 fully saturated rings. The molecule has 3 N–H and O–H groups in total. The molecule has 0 spiro atoms. The second-order valence-corrected chi connectivity index (χ2v) is 6.28. The third-order valence-corrected chi connectivity index (χ3v) is 4.40. The lowest BCUT2D eigenvalue weighted by Gasteiger charge is -2.26. The molecule has 0 aromatic carbocycles. The zero-order valence-electron chi connectivity index (χ0n) is 12.6. The Hall–Kier alpha value is -1.67. The van der Waals surface area contributed by atoms with Gasteiger partial charge in [0.05, 0.1) is 5.54 Å². The van der Waals surface area contributed by atoms with Crippen LogP contribution in [0.2, 0.25) is 0 Å². The smallest absolute Gasteiger partial charge is 0.325 e. The highest BCUT2D eigenvalue weighted by Gasteiger charge is 2.46. The summed E-state index contributed by atoms with van der Waals surface area (Å²) in [6.45, 7) is 3.44. The van der Waals surface area contributed by atoms with E-state index in [0.29, 0.717) is 11.7 Å². The lowest BCUT2D eigenvalue weighted by Crippen LogP contribution is -2.43. The standard InChI is InChI=1S/C13H19N5O3.ClH/c1-12(2)10(19)16-11(20)18(12)7-8-15-9(17-21-8)13(14)5-3-4-6-13;/h3-7,14H2,1-2H3,(H,16,19,20);1H. The maximum atomic E-state index is 11.8. The number of imide groups is 1. The number of nitrogens with one attached hydrogen (secondary N) is 1. The molecule has 1 aliphatic carbocycles. The number of aromatic nitrogens is 2. The summed E-state index contributed by atoms with van der Waals surface area (Å²) in [5, 5.41) is 6.23.